The Morgan fingerprint density at radius 3 is 1.50 bits per heavy atom. The van der Waals surface area contributed by atoms with E-state index in [-0.39, 0.29) is 24.0 Å². The molecule has 1 aliphatic heterocycles. The van der Waals surface area contributed by atoms with Crippen LogP contribution in [0.2, 0.25) is 0 Å². The average Bonchev–Trinajstić information content (AvgIpc) is 2.19. The number of halogens is 2. The van der Waals surface area contributed by atoms with Gasteiger partial charge in [-0.15, -0.1) is 24.0 Å². The Balaban J connectivity index is 0. The molecule has 0 aromatic heterocycles. The van der Waals surface area contributed by atoms with Crippen molar-refractivity contribution in [3.8, 4) is 0 Å². The summed E-state index contributed by atoms with van der Waals surface area (Å²) in [5, 5.41) is 0. The van der Waals surface area contributed by atoms with Crippen molar-refractivity contribution in [2.45, 2.75) is 0 Å². The zero-order valence-corrected chi connectivity index (χ0v) is 10.1. The van der Waals surface area contributed by atoms with Gasteiger partial charge in [0, 0.05) is 0 Å². The molecule has 1 fully saturated rings. The van der Waals surface area contributed by atoms with Gasteiger partial charge in [-0.1, -0.05) is 0 Å². The van der Waals surface area contributed by atoms with Crippen LogP contribution in [0.15, 0.2) is 0 Å². The number of hydrogen-bond acceptors (Lipinski definition) is 1. The van der Waals surface area contributed by atoms with Crippen LogP contribution in [0.3, 0.4) is 0 Å². The van der Waals surface area contributed by atoms with Crippen molar-refractivity contribution in [2.24, 2.45) is 0 Å². The van der Waals surface area contributed by atoms with Gasteiger partial charge >= 0.3 is 40.6 Å². The molecule has 0 spiro atoms. The second-order valence-electron chi connectivity index (χ2n) is 0.612. The van der Waals surface area contributed by atoms with E-state index >= 15 is 0 Å². The van der Waals surface area contributed by atoms with E-state index in [1.165, 1.54) is 23.4 Å². The first-order valence-electron chi connectivity index (χ1n) is 1.46. The first-order valence-corrected chi connectivity index (χ1v) is 8.68. The van der Waals surface area contributed by atoms with Crippen LogP contribution in [0.25, 0.3) is 0 Å². The van der Waals surface area contributed by atoms with Gasteiger partial charge in [-0.25, -0.2) is 0 Å². The zero-order chi connectivity index (χ0) is 4.12. The Morgan fingerprint density at radius 1 is 1.33 bits per heavy atom. The van der Waals surface area contributed by atoms with E-state index < -0.39 is 0 Å². The molecule has 6 heavy (non-hydrogen) atoms. The molecule has 0 bridgehead atoms. The number of epoxide rings is 1. The van der Waals surface area contributed by atoms with Gasteiger partial charge in [-0.3, -0.25) is 0 Å². The second-order valence-corrected chi connectivity index (χ2v) is 0.612. The summed E-state index contributed by atoms with van der Waals surface area (Å²) in [5.74, 6) is 0. The van der Waals surface area contributed by atoms with E-state index in [0.29, 0.717) is 0 Å². The summed E-state index contributed by atoms with van der Waals surface area (Å²) in [5.41, 5.74) is 0. The van der Waals surface area contributed by atoms with Crippen LogP contribution in [0.5, 0.6) is 0 Å². The molecule has 0 N–H and O–H groups in total. The molecular weight excluding hydrogens is 317 g/mol. The van der Waals surface area contributed by atoms with Crippen molar-refractivity contribution in [3.05, 3.63) is 0 Å². The fourth-order valence-electron chi connectivity index (χ4n) is 0. The van der Waals surface area contributed by atoms with Crippen molar-refractivity contribution < 1.29 is 4.74 Å². The fraction of sp³-hybridized carbons (Fsp3) is 1.00. The van der Waals surface area contributed by atoms with Gasteiger partial charge in [-0.05, 0) is 0 Å². The second kappa shape index (κ2) is 10.4. The Hall–Kier alpha value is 2.42. The van der Waals surface area contributed by atoms with Gasteiger partial charge in [0.15, 0.2) is 0 Å². The summed E-state index contributed by atoms with van der Waals surface area (Å²) < 4.78 is 4.50. The Morgan fingerprint density at radius 2 is 1.50 bits per heavy atom. The molecule has 0 amide bonds. The number of ether oxygens (including phenoxy) is 1. The molecule has 34 valence electrons. The predicted molar refractivity (Wildman–Crippen MR) is 46.0 cm³/mol. The van der Waals surface area contributed by atoms with Gasteiger partial charge in [0.2, 0.25) is 0 Å². The number of rotatable bonds is 0. The Kier molecular flexibility index (Phi) is 19.5. The van der Waals surface area contributed by atoms with E-state index in [1.807, 2.05) is 0 Å². The average molecular weight is 322 g/mol. The molecule has 4 heteroatoms. The van der Waals surface area contributed by atoms with Crippen LogP contribution >= 0.6 is 41.1 Å². The molecular formula is C2H5I2NaO. The van der Waals surface area contributed by atoms with Crippen LogP contribution in [-0.4, -0.2) is 36.6 Å². The monoisotopic (exact) mass is 322 g/mol. The third kappa shape index (κ3) is 16.1. The fourth-order valence-corrected chi connectivity index (χ4v) is 0. The van der Waals surface area contributed by atoms with Crippen LogP contribution in [0.4, 0.5) is 0 Å². The standard InChI is InChI=1S/C2H4O.2HI.Na/c1-2-3-1;;;/h1-2H2;2*1H;/q;;;+1/p-1. The Labute approximate surface area is 81.0 Å². The van der Waals surface area contributed by atoms with Crippen molar-refractivity contribution in [1.29, 1.82) is 0 Å². The summed E-state index contributed by atoms with van der Waals surface area (Å²) in [7, 11) is 0. The summed E-state index contributed by atoms with van der Waals surface area (Å²) in [6.45, 7) is 2.00. The molecule has 0 aromatic rings. The van der Waals surface area contributed by atoms with Crippen molar-refractivity contribution in [3.63, 3.8) is 0 Å². The maximum absolute atomic E-state index is 4.50. The van der Waals surface area contributed by atoms with Gasteiger partial charge in [0.05, 0.1) is 13.2 Å². The maximum atomic E-state index is 4.50. The van der Waals surface area contributed by atoms with Crippen LogP contribution < -0.4 is 0 Å². The quantitative estimate of drug-likeness (QED) is 0.370. The molecule has 1 nitrogen and oxygen atoms in total. The zero-order valence-electron chi connectivity index (χ0n) is 3.61. The third-order valence-electron chi connectivity index (χ3n) is 0.204. The van der Waals surface area contributed by atoms with Gasteiger partial charge in [0.1, 0.15) is 0 Å². The minimum absolute atomic E-state index is 0. The molecule has 0 atom stereocenters. The van der Waals surface area contributed by atoms with Crippen LogP contribution in [0, 0.1) is 0 Å². The Bertz CT molecular complexity index is 16.3. The van der Waals surface area contributed by atoms with Crippen LogP contribution in [0.1, 0.15) is 0 Å². The molecule has 0 radical (unpaired) electrons. The summed E-state index contributed by atoms with van der Waals surface area (Å²) >= 11 is 3.56. The first-order chi connectivity index (χ1) is 2.50. The topological polar surface area (TPSA) is 12.5 Å². The molecule has 1 rings (SSSR count). The minimum atomic E-state index is 0. The first kappa shape index (κ1) is 11.2. The SMILES string of the molecule is C1CO1.I.[Na][I]. The predicted octanol–water partition coefficient (Wildman–Crippen LogP) is 1.14. The molecule has 0 unspecified atom stereocenters. The molecule has 1 saturated heterocycles. The number of hydrogen-bond donors (Lipinski definition) is 0. The van der Waals surface area contributed by atoms with E-state index in [2.05, 4.69) is 21.9 Å². The third-order valence-corrected chi connectivity index (χ3v) is 0.204. The van der Waals surface area contributed by atoms with Crippen molar-refractivity contribution in [1.82, 2.24) is 0 Å². The van der Waals surface area contributed by atoms with Gasteiger partial charge < -0.3 is 4.74 Å². The normalized spacial score (nSPS) is 13.2. The van der Waals surface area contributed by atoms with Gasteiger partial charge in [0.25, 0.3) is 0 Å². The van der Waals surface area contributed by atoms with Crippen LogP contribution in [-0.2, 0) is 4.74 Å². The summed E-state index contributed by atoms with van der Waals surface area (Å²) in [6, 6.07) is 0. The summed E-state index contributed by atoms with van der Waals surface area (Å²) in [6.07, 6.45) is 0. The van der Waals surface area contributed by atoms with Gasteiger partial charge in [-0.2, -0.15) is 0 Å². The van der Waals surface area contributed by atoms with Crippen molar-refractivity contribution >= 4 is 64.6 Å². The molecule has 0 saturated carbocycles. The van der Waals surface area contributed by atoms with E-state index in [9.17, 15) is 0 Å². The molecule has 0 aliphatic carbocycles. The van der Waals surface area contributed by atoms with E-state index in [0.717, 1.165) is 13.2 Å². The van der Waals surface area contributed by atoms with E-state index in [1.54, 1.807) is 0 Å². The molecule has 0 aromatic carbocycles. The van der Waals surface area contributed by atoms with Crippen molar-refractivity contribution in [2.75, 3.05) is 13.2 Å². The summed E-state index contributed by atoms with van der Waals surface area (Å²) in [4.78, 5) is 0. The molecule has 1 aliphatic rings. The molecule has 1 heterocycles. The van der Waals surface area contributed by atoms with E-state index in [4.69, 9.17) is 0 Å².